The van der Waals surface area contributed by atoms with Gasteiger partial charge in [0.25, 0.3) is 5.91 Å². The van der Waals surface area contributed by atoms with E-state index in [1.807, 2.05) is 0 Å². The van der Waals surface area contributed by atoms with Crippen molar-refractivity contribution in [1.82, 2.24) is 4.90 Å². The number of hydrogen-bond acceptors (Lipinski definition) is 4. The van der Waals surface area contributed by atoms with Gasteiger partial charge in [0.05, 0.1) is 12.5 Å². The minimum absolute atomic E-state index is 0.0431. The van der Waals surface area contributed by atoms with Gasteiger partial charge in [-0.1, -0.05) is 0 Å². The third-order valence-electron chi connectivity index (χ3n) is 3.56. The fourth-order valence-corrected chi connectivity index (χ4v) is 2.61. The number of likely N-dealkylation sites (tertiary alicyclic amines) is 1. The molecule has 0 radical (unpaired) electrons. The van der Waals surface area contributed by atoms with Crippen LogP contribution in [0.1, 0.15) is 32.6 Å². The summed E-state index contributed by atoms with van der Waals surface area (Å²) in [5, 5.41) is 0. The third kappa shape index (κ3) is 3.02. The lowest BCUT2D eigenvalue weighted by Crippen LogP contribution is -2.46. The van der Waals surface area contributed by atoms with E-state index in [2.05, 4.69) is 0 Å². The van der Waals surface area contributed by atoms with Crippen LogP contribution >= 0.6 is 0 Å². The molecule has 0 aromatic rings. The topological polar surface area (TPSA) is 55.8 Å². The number of ether oxygens (including phenoxy) is 2. The first-order valence-corrected chi connectivity index (χ1v) is 6.79. The van der Waals surface area contributed by atoms with Gasteiger partial charge in [0.1, 0.15) is 6.10 Å². The normalized spacial score (nSPS) is 28.2. The van der Waals surface area contributed by atoms with Crippen molar-refractivity contribution in [3.8, 4) is 0 Å². The molecule has 2 atom stereocenters. The average Bonchev–Trinajstić information content (AvgIpc) is 2.92. The van der Waals surface area contributed by atoms with E-state index in [-0.39, 0.29) is 23.9 Å². The van der Waals surface area contributed by atoms with Crippen LogP contribution in [0.4, 0.5) is 0 Å². The van der Waals surface area contributed by atoms with Gasteiger partial charge in [0.2, 0.25) is 0 Å². The molecule has 2 saturated heterocycles. The summed E-state index contributed by atoms with van der Waals surface area (Å²) in [6.45, 7) is 4.09. The lowest BCUT2D eigenvalue weighted by molar-refractivity contribution is -0.153. The third-order valence-corrected chi connectivity index (χ3v) is 3.56. The maximum absolute atomic E-state index is 12.2. The van der Waals surface area contributed by atoms with E-state index >= 15 is 0 Å². The van der Waals surface area contributed by atoms with Gasteiger partial charge in [-0.3, -0.25) is 9.59 Å². The fourth-order valence-electron chi connectivity index (χ4n) is 2.61. The summed E-state index contributed by atoms with van der Waals surface area (Å²) < 4.78 is 10.4. The maximum atomic E-state index is 12.2. The molecular formula is C13H21NO4. The Morgan fingerprint density at radius 3 is 2.83 bits per heavy atom. The Hall–Kier alpha value is -1.10. The Bertz CT molecular complexity index is 312. The van der Waals surface area contributed by atoms with Gasteiger partial charge < -0.3 is 14.4 Å². The number of carbonyl (C=O) groups is 2. The largest absolute Gasteiger partial charge is 0.466 e. The van der Waals surface area contributed by atoms with E-state index in [4.69, 9.17) is 9.47 Å². The van der Waals surface area contributed by atoms with Crippen molar-refractivity contribution in [3.63, 3.8) is 0 Å². The lowest BCUT2D eigenvalue weighted by Gasteiger charge is -2.32. The first-order valence-electron chi connectivity index (χ1n) is 6.79. The molecule has 0 saturated carbocycles. The molecule has 1 unspecified atom stereocenters. The summed E-state index contributed by atoms with van der Waals surface area (Å²) in [5.74, 6) is -0.298. The van der Waals surface area contributed by atoms with Crippen LogP contribution in [-0.2, 0) is 19.1 Å². The molecule has 2 rings (SSSR count). The quantitative estimate of drug-likeness (QED) is 0.705. The molecule has 5 nitrogen and oxygen atoms in total. The Morgan fingerprint density at radius 1 is 1.33 bits per heavy atom. The molecule has 0 N–H and O–H groups in total. The molecule has 2 heterocycles. The molecule has 18 heavy (non-hydrogen) atoms. The summed E-state index contributed by atoms with van der Waals surface area (Å²) in [7, 11) is 0. The van der Waals surface area contributed by atoms with E-state index in [1.165, 1.54) is 0 Å². The van der Waals surface area contributed by atoms with Crippen LogP contribution in [0.3, 0.4) is 0 Å². The number of carbonyl (C=O) groups excluding carboxylic acids is 2. The zero-order valence-electron chi connectivity index (χ0n) is 10.9. The molecule has 2 aliphatic heterocycles. The number of hydrogen-bond donors (Lipinski definition) is 0. The highest BCUT2D eigenvalue weighted by Crippen LogP contribution is 2.21. The molecule has 0 aliphatic carbocycles. The van der Waals surface area contributed by atoms with Crippen LogP contribution in [-0.4, -0.2) is 49.2 Å². The summed E-state index contributed by atoms with van der Waals surface area (Å²) >= 11 is 0. The van der Waals surface area contributed by atoms with Crippen molar-refractivity contribution < 1.29 is 19.1 Å². The van der Waals surface area contributed by atoms with E-state index in [1.54, 1.807) is 11.8 Å². The number of piperidine rings is 1. The Morgan fingerprint density at radius 2 is 2.17 bits per heavy atom. The standard InChI is InChI=1S/C13H21NO4/c1-2-17-13(16)10-5-3-7-14(9-10)12(15)11-6-4-8-18-11/h10-11H,2-9H2,1H3/t10-,11?/m1/s1. The predicted molar refractivity (Wildman–Crippen MR) is 64.9 cm³/mol. The number of rotatable bonds is 3. The molecule has 0 bridgehead atoms. The molecular weight excluding hydrogens is 234 g/mol. The Kier molecular flexibility index (Phi) is 4.58. The van der Waals surface area contributed by atoms with Crippen LogP contribution in [0, 0.1) is 5.92 Å². The molecule has 0 aromatic carbocycles. The van der Waals surface area contributed by atoms with Gasteiger partial charge in [-0.15, -0.1) is 0 Å². The number of amides is 1. The lowest BCUT2D eigenvalue weighted by atomic mass is 9.97. The first kappa shape index (κ1) is 13.3. The van der Waals surface area contributed by atoms with E-state index in [0.717, 1.165) is 32.2 Å². The molecule has 0 spiro atoms. The van der Waals surface area contributed by atoms with Crippen LogP contribution in [0.25, 0.3) is 0 Å². The minimum Gasteiger partial charge on any atom is -0.466 e. The highest BCUT2D eigenvalue weighted by molar-refractivity contribution is 5.82. The van der Waals surface area contributed by atoms with Crippen molar-refractivity contribution >= 4 is 11.9 Å². The van der Waals surface area contributed by atoms with Gasteiger partial charge in [0, 0.05) is 19.7 Å². The van der Waals surface area contributed by atoms with Crippen LogP contribution < -0.4 is 0 Å². The smallest absolute Gasteiger partial charge is 0.310 e. The van der Waals surface area contributed by atoms with Crippen molar-refractivity contribution in [1.29, 1.82) is 0 Å². The second-order valence-corrected chi connectivity index (χ2v) is 4.88. The molecule has 5 heteroatoms. The first-order chi connectivity index (χ1) is 8.72. The van der Waals surface area contributed by atoms with Gasteiger partial charge in [-0.25, -0.2) is 0 Å². The minimum atomic E-state index is -0.286. The fraction of sp³-hybridized carbons (Fsp3) is 0.846. The van der Waals surface area contributed by atoms with Crippen LogP contribution in [0.15, 0.2) is 0 Å². The predicted octanol–water partition coefficient (Wildman–Crippen LogP) is 0.967. The summed E-state index contributed by atoms with van der Waals surface area (Å²) in [4.78, 5) is 25.6. The van der Waals surface area contributed by atoms with Gasteiger partial charge in [-0.05, 0) is 32.6 Å². The second-order valence-electron chi connectivity index (χ2n) is 4.88. The summed E-state index contributed by atoms with van der Waals surface area (Å²) in [5.41, 5.74) is 0. The van der Waals surface area contributed by atoms with Gasteiger partial charge in [0.15, 0.2) is 0 Å². The highest BCUT2D eigenvalue weighted by atomic mass is 16.5. The van der Waals surface area contributed by atoms with E-state index in [9.17, 15) is 9.59 Å². The molecule has 2 fully saturated rings. The van der Waals surface area contributed by atoms with Crippen LogP contribution in [0.5, 0.6) is 0 Å². The Balaban J connectivity index is 1.89. The monoisotopic (exact) mass is 255 g/mol. The van der Waals surface area contributed by atoms with E-state index in [0.29, 0.717) is 19.8 Å². The van der Waals surface area contributed by atoms with Crippen molar-refractivity contribution in [2.24, 2.45) is 5.92 Å². The SMILES string of the molecule is CCOC(=O)[C@@H]1CCCN(C(=O)C2CCCO2)C1. The molecule has 0 aromatic heterocycles. The number of nitrogens with zero attached hydrogens (tertiary/aromatic N) is 1. The molecule has 102 valence electrons. The van der Waals surface area contributed by atoms with Crippen molar-refractivity contribution in [2.75, 3.05) is 26.3 Å². The highest BCUT2D eigenvalue weighted by Gasteiger charge is 2.34. The number of esters is 1. The summed E-state index contributed by atoms with van der Waals surface area (Å²) in [6.07, 6.45) is 3.15. The van der Waals surface area contributed by atoms with Crippen LogP contribution in [0.2, 0.25) is 0 Å². The van der Waals surface area contributed by atoms with Gasteiger partial charge >= 0.3 is 5.97 Å². The zero-order chi connectivity index (χ0) is 13.0. The average molecular weight is 255 g/mol. The molecule has 1 amide bonds. The Labute approximate surface area is 107 Å². The van der Waals surface area contributed by atoms with E-state index < -0.39 is 0 Å². The summed E-state index contributed by atoms with van der Waals surface area (Å²) in [6, 6.07) is 0. The van der Waals surface area contributed by atoms with Gasteiger partial charge in [-0.2, -0.15) is 0 Å². The van der Waals surface area contributed by atoms with Crippen molar-refractivity contribution in [2.45, 2.75) is 38.7 Å². The zero-order valence-corrected chi connectivity index (χ0v) is 10.9. The molecule has 2 aliphatic rings. The van der Waals surface area contributed by atoms with Crippen molar-refractivity contribution in [3.05, 3.63) is 0 Å². The maximum Gasteiger partial charge on any atom is 0.310 e. The second kappa shape index (κ2) is 6.18.